The minimum absolute atomic E-state index is 0. The molecule has 0 bridgehead atoms. The molecule has 228 valence electrons. The van der Waals surface area contributed by atoms with Crippen molar-refractivity contribution in [3.63, 3.8) is 0 Å². The van der Waals surface area contributed by atoms with Gasteiger partial charge < -0.3 is 11.0 Å². The molecule has 0 fully saturated rings. The van der Waals surface area contributed by atoms with Gasteiger partial charge in [0, 0.05) is 73.8 Å². The van der Waals surface area contributed by atoms with E-state index in [0.717, 1.165) is 0 Å². The maximum Gasteiger partial charge on any atom is 0.0908 e. The van der Waals surface area contributed by atoms with Crippen LogP contribution in [0.15, 0.2) is 121 Å². The van der Waals surface area contributed by atoms with E-state index in [-0.39, 0.29) is 84.8 Å². The van der Waals surface area contributed by atoms with Crippen molar-refractivity contribution in [2.75, 3.05) is 53.3 Å². The maximum atomic E-state index is 2.31. The van der Waals surface area contributed by atoms with E-state index in [2.05, 4.69) is 175 Å². The topological polar surface area (TPSA) is 63.0 Å². The van der Waals surface area contributed by atoms with Crippen molar-refractivity contribution in [3.05, 3.63) is 121 Å². The fraction of sp³-hybridized carbons (Fsp3) is 0.250. The van der Waals surface area contributed by atoms with E-state index in [1.165, 1.54) is 21.2 Å². The van der Waals surface area contributed by atoms with Crippen molar-refractivity contribution in [3.8, 4) is 0 Å². The summed E-state index contributed by atoms with van der Waals surface area (Å²) in [5, 5.41) is 6.06. The Labute approximate surface area is 278 Å². The molecule has 2 nitrogen and oxygen atoms in total. The smallest absolute Gasteiger partial charge is 0.0908 e. The first kappa shape index (κ1) is 46.8. The number of benzene rings is 4. The second kappa shape index (κ2) is 29.0. The monoisotopic (exact) mass is 982 g/mol. The first-order chi connectivity index (χ1) is 17.2. The molecule has 0 aliphatic heterocycles. The molecule has 0 aliphatic rings. The summed E-state index contributed by atoms with van der Waals surface area (Å²) in [7, 11) is -0.849. The van der Waals surface area contributed by atoms with Crippen LogP contribution in [0.25, 0.3) is 0 Å². The molecule has 40 heavy (non-hydrogen) atoms. The zero-order valence-electron chi connectivity index (χ0n) is 25.2. The molecular weight excluding hydrogens is 930 g/mol. The summed E-state index contributed by atoms with van der Waals surface area (Å²) in [6.07, 6.45) is 0. The van der Waals surface area contributed by atoms with Gasteiger partial charge in [-0.2, -0.15) is 0 Å². The summed E-state index contributed by atoms with van der Waals surface area (Å²) in [4.78, 5) is 0. The summed E-state index contributed by atoms with van der Waals surface area (Å²) >= 11 is 0. The standard InChI is InChI=1S/4C8H11P.2H2O.2Pt/c4*1-9(2)8-6-4-3-5-7-8;;;;/h4*3-7H,1-2H3;2*1H2;;/p+4. The van der Waals surface area contributed by atoms with Gasteiger partial charge in [0.05, 0.1) is 74.5 Å². The summed E-state index contributed by atoms with van der Waals surface area (Å²) in [5.74, 6) is 0. The summed E-state index contributed by atoms with van der Waals surface area (Å²) in [6, 6.07) is 42.7. The first-order valence-electron chi connectivity index (χ1n) is 12.6. The van der Waals surface area contributed by atoms with Crippen LogP contribution in [0.4, 0.5) is 0 Å². The fourth-order valence-corrected chi connectivity index (χ4v) is 6.52. The van der Waals surface area contributed by atoms with Crippen LogP contribution in [0.3, 0.4) is 0 Å². The molecule has 0 saturated heterocycles. The zero-order valence-corrected chi connectivity index (χ0v) is 33.7. The second-order valence-electron chi connectivity index (χ2n) is 9.46. The van der Waals surface area contributed by atoms with Gasteiger partial charge in [0.15, 0.2) is 0 Å². The molecule has 0 radical (unpaired) electrons. The van der Waals surface area contributed by atoms with E-state index in [0.29, 0.717) is 0 Å². The van der Waals surface area contributed by atoms with Gasteiger partial charge in [0.1, 0.15) is 0 Å². The van der Waals surface area contributed by atoms with Crippen LogP contribution in [0, 0.1) is 0 Å². The average Bonchev–Trinajstić information content (AvgIpc) is 2.92. The van der Waals surface area contributed by atoms with Crippen LogP contribution in [-0.2, 0) is 42.1 Å². The van der Waals surface area contributed by atoms with Gasteiger partial charge in [0.2, 0.25) is 0 Å². The molecule has 8 heteroatoms. The Morgan fingerprint density at radius 1 is 0.275 bits per heavy atom. The summed E-state index contributed by atoms with van der Waals surface area (Å²) in [5.41, 5.74) is 0. The van der Waals surface area contributed by atoms with Crippen molar-refractivity contribution in [2.24, 2.45) is 0 Å². The Hall–Kier alpha value is -0.103. The van der Waals surface area contributed by atoms with E-state index in [1.54, 1.807) is 0 Å². The third kappa shape index (κ3) is 22.5. The Bertz CT molecular complexity index is 865. The van der Waals surface area contributed by atoms with Crippen molar-refractivity contribution in [1.29, 1.82) is 0 Å². The van der Waals surface area contributed by atoms with Crippen LogP contribution in [0.5, 0.6) is 0 Å². The number of hydrogen-bond acceptors (Lipinski definition) is 0. The van der Waals surface area contributed by atoms with Crippen molar-refractivity contribution in [2.45, 2.75) is 0 Å². The normalized spacial score (nSPS) is 9.10. The SMILES string of the molecule is C[PH+](C)c1ccccc1.C[PH+](C)c1ccccc1.C[PH+](C)c1ccccc1.C[PH+](C)c1ccccc1.O.O.[Pt].[Pt]. The minimum atomic E-state index is -0.212. The Kier molecular flexibility index (Phi) is 34.0. The minimum Gasteiger partial charge on any atom is -0.412 e. The van der Waals surface area contributed by atoms with Crippen LogP contribution >= 0.6 is 31.7 Å². The predicted molar refractivity (Wildman–Crippen MR) is 192 cm³/mol. The van der Waals surface area contributed by atoms with E-state index >= 15 is 0 Å². The first-order valence-corrected chi connectivity index (χ1v) is 22.6. The average molecular weight is 983 g/mol. The van der Waals surface area contributed by atoms with Gasteiger partial charge in [0.25, 0.3) is 0 Å². The quantitative estimate of drug-likeness (QED) is 0.244. The Balaban J connectivity index is -0.000000209. The summed E-state index contributed by atoms with van der Waals surface area (Å²) < 4.78 is 0. The molecule has 4 rings (SSSR count). The molecule has 0 saturated carbocycles. The molecule has 0 spiro atoms. The van der Waals surface area contributed by atoms with Crippen molar-refractivity contribution in [1.82, 2.24) is 0 Å². The molecule has 0 aliphatic carbocycles. The molecule has 0 aromatic heterocycles. The zero-order chi connectivity index (χ0) is 26.8. The molecule has 0 unspecified atom stereocenters. The van der Waals surface area contributed by atoms with Crippen LogP contribution in [0.2, 0.25) is 0 Å². The number of rotatable bonds is 4. The summed E-state index contributed by atoms with van der Waals surface area (Å²) in [6.45, 7) is 18.4. The van der Waals surface area contributed by atoms with Gasteiger partial charge in [-0.1, -0.05) is 72.8 Å². The molecular formula is C32H52O2P4Pt2+4. The molecule has 4 aromatic carbocycles. The van der Waals surface area contributed by atoms with E-state index < -0.39 is 0 Å². The largest absolute Gasteiger partial charge is 0.412 e. The molecule has 0 heterocycles. The predicted octanol–water partition coefficient (Wildman–Crippen LogP) is 5.49. The molecule has 0 amide bonds. The van der Waals surface area contributed by atoms with Crippen molar-refractivity contribution >= 4 is 52.9 Å². The van der Waals surface area contributed by atoms with E-state index in [4.69, 9.17) is 0 Å². The fourth-order valence-electron chi connectivity index (χ4n) is 3.09. The van der Waals surface area contributed by atoms with Gasteiger partial charge in [-0.15, -0.1) is 0 Å². The van der Waals surface area contributed by atoms with Gasteiger partial charge in [-0.05, 0) is 48.5 Å². The second-order valence-corrected chi connectivity index (χ2v) is 19.8. The molecule has 0 atom stereocenters. The van der Waals surface area contributed by atoms with Crippen LogP contribution in [-0.4, -0.2) is 64.3 Å². The molecule has 4 aromatic rings. The van der Waals surface area contributed by atoms with Crippen LogP contribution < -0.4 is 21.2 Å². The van der Waals surface area contributed by atoms with Gasteiger partial charge in [-0.25, -0.2) is 0 Å². The maximum absolute atomic E-state index is 2.31. The van der Waals surface area contributed by atoms with E-state index in [1.807, 2.05) is 0 Å². The number of hydrogen-bond donors (Lipinski definition) is 0. The van der Waals surface area contributed by atoms with Crippen molar-refractivity contribution < 1.29 is 53.1 Å². The van der Waals surface area contributed by atoms with Crippen LogP contribution in [0.1, 0.15) is 0 Å². The van der Waals surface area contributed by atoms with Gasteiger partial charge in [-0.3, -0.25) is 0 Å². The van der Waals surface area contributed by atoms with E-state index in [9.17, 15) is 0 Å². The van der Waals surface area contributed by atoms with Gasteiger partial charge >= 0.3 is 0 Å². The Morgan fingerprint density at radius 3 is 0.475 bits per heavy atom. The Morgan fingerprint density at radius 2 is 0.400 bits per heavy atom. The molecule has 4 N–H and O–H groups in total. The third-order valence-electron chi connectivity index (χ3n) is 5.40. The third-order valence-corrected chi connectivity index (χ3v) is 11.4.